The summed E-state index contributed by atoms with van der Waals surface area (Å²) >= 11 is 2.89. The van der Waals surface area contributed by atoms with Crippen molar-refractivity contribution in [1.82, 2.24) is 5.32 Å². The van der Waals surface area contributed by atoms with E-state index in [2.05, 4.69) is 5.32 Å². The summed E-state index contributed by atoms with van der Waals surface area (Å²) in [5.41, 5.74) is 0. The number of hydrogen-bond donors (Lipinski definition) is 1. The first-order chi connectivity index (χ1) is 10.2. The number of benzene rings is 1. The van der Waals surface area contributed by atoms with Gasteiger partial charge in [-0.3, -0.25) is 9.59 Å². The predicted octanol–water partition coefficient (Wildman–Crippen LogP) is 4.27. The number of hydrogen-bond acceptors (Lipinski definition) is 4. The molecule has 0 bridgehead atoms. The lowest BCUT2D eigenvalue weighted by Gasteiger charge is -2.10. The van der Waals surface area contributed by atoms with E-state index in [1.807, 2.05) is 43.3 Å². The highest BCUT2D eigenvalue weighted by molar-refractivity contribution is 7.20. The monoisotopic (exact) mass is 315 g/mol. The predicted molar refractivity (Wildman–Crippen MR) is 87.4 cm³/mol. The molecule has 1 N–H and O–H groups in total. The second-order valence-electron chi connectivity index (χ2n) is 4.70. The fraction of sp³-hybridized carbons (Fsp3) is 0.125. The van der Waals surface area contributed by atoms with Crippen molar-refractivity contribution in [3.63, 3.8) is 0 Å². The van der Waals surface area contributed by atoms with Crippen LogP contribution in [0.2, 0.25) is 0 Å². The number of aldehydes is 1. The fourth-order valence-electron chi connectivity index (χ4n) is 2.10. The Hall–Kier alpha value is -1.98. The van der Waals surface area contributed by atoms with Crippen molar-refractivity contribution in [1.29, 1.82) is 0 Å². The molecule has 21 heavy (non-hydrogen) atoms. The van der Waals surface area contributed by atoms with Gasteiger partial charge in [-0.25, -0.2) is 0 Å². The minimum absolute atomic E-state index is 0.0789. The van der Waals surface area contributed by atoms with Gasteiger partial charge in [0, 0.05) is 9.58 Å². The van der Waals surface area contributed by atoms with E-state index in [1.54, 1.807) is 6.07 Å². The van der Waals surface area contributed by atoms with Crippen LogP contribution < -0.4 is 5.32 Å². The first-order valence-electron chi connectivity index (χ1n) is 6.52. The summed E-state index contributed by atoms with van der Waals surface area (Å²) in [6.07, 6.45) is 0.828. The zero-order valence-corrected chi connectivity index (χ0v) is 13.0. The van der Waals surface area contributed by atoms with Crippen LogP contribution >= 0.6 is 22.7 Å². The smallest absolute Gasteiger partial charge is 0.261 e. The van der Waals surface area contributed by atoms with Crippen LogP contribution in [0, 0.1) is 0 Å². The van der Waals surface area contributed by atoms with Crippen LogP contribution in [0.4, 0.5) is 0 Å². The third kappa shape index (κ3) is 2.89. The highest BCUT2D eigenvalue weighted by Gasteiger charge is 2.15. The molecule has 1 unspecified atom stereocenters. The molecule has 0 spiro atoms. The van der Waals surface area contributed by atoms with E-state index in [4.69, 9.17) is 0 Å². The van der Waals surface area contributed by atoms with Crippen LogP contribution in [0.25, 0.3) is 10.1 Å². The van der Waals surface area contributed by atoms with Gasteiger partial charge in [0.25, 0.3) is 5.91 Å². The number of carbonyl (C=O) groups is 2. The number of amides is 1. The SMILES string of the molecule is CC(NC(=O)c1cc2ccccc2s1)c1ccc(C=O)s1. The first kappa shape index (κ1) is 14.0. The van der Waals surface area contributed by atoms with Crippen molar-refractivity contribution in [3.05, 3.63) is 57.1 Å². The van der Waals surface area contributed by atoms with Crippen molar-refractivity contribution in [2.24, 2.45) is 0 Å². The average Bonchev–Trinajstić information content (AvgIpc) is 3.13. The van der Waals surface area contributed by atoms with Gasteiger partial charge >= 0.3 is 0 Å². The summed E-state index contributed by atoms with van der Waals surface area (Å²) in [7, 11) is 0. The molecule has 1 amide bonds. The lowest BCUT2D eigenvalue weighted by molar-refractivity contribution is 0.0944. The summed E-state index contributed by atoms with van der Waals surface area (Å²) < 4.78 is 1.11. The standard InChI is InChI=1S/C16H13NO2S2/c1-10(13-7-6-12(9-18)20-13)17-16(19)15-8-11-4-2-3-5-14(11)21-15/h2-10H,1H3,(H,17,19). The van der Waals surface area contributed by atoms with Gasteiger partial charge in [0.15, 0.2) is 6.29 Å². The Balaban J connectivity index is 1.77. The molecule has 106 valence electrons. The highest BCUT2D eigenvalue weighted by atomic mass is 32.1. The Morgan fingerprint density at radius 1 is 1.19 bits per heavy atom. The van der Waals surface area contributed by atoms with E-state index in [0.29, 0.717) is 9.75 Å². The Labute approximate surface area is 130 Å². The molecule has 1 aromatic carbocycles. The molecule has 0 radical (unpaired) electrons. The third-order valence-corrected chi connectivity index (χ3v) is 5.50. The van der Waals surface area contributed by atoms with Crippen LogP contribution in [0.3, 0.4) is 0 Å². The van der Waals surface area contributed by atoms with Gasteiger partial charge in [-0.15, -0.1) is 22.7 Å². The van der Waals surface area contributed by atoms with Crippen LogP contribution in [0.15, 0.2) is 42.5 Å². The summed E-state index contributed by atoms with van der Waals surface area (Å²) in [6, 6.07) is 13.4. The molecule has 0 aliphatic carbocycles. The highest BCUT2D eigenvalue weighted by Crippen LogP contribution is 2.27. The fourth-order valence-corrected chi connectivity index (χ4v) is 3.89. The average molecular weight is 315 g/mol. The Bertz CT molecular complexity index is 770. The molecule has 3 nitrogen and oxygen atoms in total. The van der Waals surface area contributed by atoms with Gasteiger partial charge in [0.05, 0.1) is 15.8 Å². The zero-order valence-electron chi connectivity index (χ0n) is 11.3. The quantitative estimate of drug-likeness (QED) is 0.731. The van der Waals surface area contributed by atoms with E-state index in [9.17, 15) is 9.59 Å². The number of nitrogens with one attached hydrogen (secondary N) is 1. The van der Waals surface area contributed by atoms with E-state index >= 15 is 0 Å². The normalized spacial score (nSPS) is 12.2. The largest absolute Gasteiger partial charge is 0.344 e. The van der Waals surface area contributed by atoms with Gasteiger partial charge in [-0.2, -0.15) is 0 Å². The van der Waals surface area contributed by atoms with Gasteiger partial charge in [-0.1, -0.05) is 18.2 Å². The van der Waals surface area contributed by atoms with E-state index in [-0.39, 0.29) is 11.9 Å². The molecule has 2 aromatic heterocycles. The Morgan fingerprint density at radius 3 is 2.71 bits per heavy atom. The first-order valence-corrected chi connectivity index (χ1v) is 8.15. The minimum Gasteiger partial charge on any atom is -0.344 e. The molecule has 1 atom stereocenters. The summed E-state index contributed by atoms with van der Waals surface area (Å²) in [6.45, 7) is 1.92. The van der Waals surface area contributed by atoms with Gasteiger partial charge in [0.2, 0.25) is 0 Å². The Kier molecular flexibility index (Phi) is 3.86. The molecule has 0 fully saturated rings. The lowest BCUT2D eigenvalue weighted by atomic mass is 10.2. The molecule has 0 saturated carbocycles. The van der Waals surface area contributed by atoms with Crippen molar-refractivity contribution in [2.75, 3.05) is 0 Å². The van der Waals surface area contributed by atoms with E-state index in [1.165, 1.54) is 22.7 Å². The number of thiophene rings is 2. The number of carbonyl (C=O) groups excluding carboxylic acids is 2. The second kappa shape index (κ2) is 5.79. The van der Waals surface area contributed by atoms with Crippen molar-refractivity contribution in [3.8, 4) is 0 Å². The summed E-state index contributed by atoms with van der Waals surface area (Å²) in [4.78, 5) is 25.4. The van der Waals surface area contributed by atoms with Crippen LogP contribution in [0.5, 0.6) is 0 Å². The van der Waals surface area contributed by atoms with E-state index in [0.717, 1.165) is 21.2 Å². The molecule has 3 aromatic rings. The maximum atomic E-state index is 12.3. The second-order valence-corrected chi connectivity index (χ2v) is 6.93. The van der Waals surface area contributed by atoms with Crippen molar-refractivity contribution < 1.29 is 9.59 Å². The van der Waals surface area contributed by atoms with Gasteiger partial charge in [-0.05, 0) is 36.6 Å². The van der Waals surface area contributed by atoms with E-state index < -0.39 is 0 Å². The maximum absolute atomic E-state index is 12.3. The zero-order chi connectivity index (χ0) is 14.8. The van der Waals surface area contributed by atoms with Crippen LogP contribution in [0.1, 0.15) is 37.2 Å². The molecule has 0 aliphatic rings. The van der Waals surface area contributed by atoms with Gasteiger partial charge in [0.1, 0.15) is 0 Å². The minimum atomic E-state index is -0.110. The molecule has 2 heterocycles. The molecule has 0 saturated heterocycles. The molecule has 0 aliphatic heterocycles. The van der Waals surface area contributed by atoms with Gasteiger partial charge < -0.3 is 5.32 Å². The number of fused-ring (bicyclic) bond motifs is 1. The molecular formula is C16H13NO2S2. The Morgan fingerprint density at radius 2 is 2.00 bits per heavy atom. The molecule has 5 heteroatoms. The maximum Gasteiger partial charge on any atom is 0.261 e. The summed E-state index contributed by atoms with van der Waals surface area (Å²) in [5.74, 6) is -0.0789. The molecule has 3 rings (SSSR count). The van der Waals surface area contributed by atoms with Crippen LogP contribution in [-0.4, -0.2) is 12.2 Å². The molecular weight excluding hydrogens is 302 g/mol. The number of rotatable bonds is 4. The van der Waals surface area contributed by atoms with Crippen molar-refractivity contribution in [2.45, 2.75) is 13.0 Å². The van der Waals surface area contributed by atoms with Crippen molar-refractivity contribution >= 4 is 45.0 Å². The van der Waals surface area contributed by atoms with Crippen LogP contribution in [-0.2, 0) is 0 Å². The topological polar surface area (TPSA) is 46.2 Å². The lowest BCUT2D eigenvalue weighted by Crippen LogP contribution is -2.25. The summed E-state index contributed by atoms with van der Waals surface area (Å²) in [5, 5.41) is 4.06. The third-order valence-electron chi connectivity index (χ3n) is 3.19.